The molecule has 2 aliphatic heterocycles. The average molecular weight is 405 g/mol. The first-order valence-corrected chi connectivity index (χ1v) is 10.3. The molecule has 0 spiro atoms. The second-order valence-electron chi connectivity index (χ2n) is 7.92. The summed E-state index contributed by atoms with van der Waals surface area (Å²) in [5, 5.41) is 5.82. The van der Waals surface area contributed by atoms with E-state index in [0.29, 0.717) is 24.5 Å². The third kappa shape index (κ3) is 6.08. The molecule has 8 nitrogen and oxygen atoms in total. The molecule has 0 aromatic heterocycles. The molecule has 2 fully saturated rings. The van der Waals surface area contributed by atoms with Crippen molar-refractivity contribution < 1.29 is 19.1 Å². The van der Waals surface area contributed by atoms with Crippen molar-refractivity contribution in [1.82, 2.24) is 9.80 Å². The molecule has 4 amide bonds. The quantitative estimate of drug-likeness (QED) is 0.762. The molecule has 2 aliphatic rings. The van der Waals surface area contributed by atoms with Gasteiger partial charge in [0.25, 0.3) is 0 Å². The van der Waals surface area contributed by atoms with Crippen LogP contribution in [0.4, 0.5) is 21.0 Å². The van der Waals surface area contributed by atoms with E-state index in [4.69, 9.17) is 9.47 Å². The highest BCUT2D eigenvalue weighted by molar-refractivity contribution is 5.93. The van der Waals surface area contributed by atoms with Crippen molar-refractivity contribution in [2.45, 2.75) is 44.8 Å². The summed E-state index contributed by atoms with van der Waals surface area (Å²) in [6.45, 7) is 4.58. The minimum atomic E-state index is -0.197. The number of aryl methyl sites for hydroxylation is 1. The van der Waals surface area contributed by atoms with Gasteiger partial charge in [-0.2, -0.15) is 0 Å². The number of urea groups is 2. The summed E-state index contributed by atoms with van der Waals surface area (Å²) in [6.07, 6.45) is 4.27. The SMILES string of the molecule is Cc1ccc(NC(=O)N(C)C[C@H]2CCCO2)cc1NC(=O)N(C)C[C@H]1CCCO1. The van der Waals surface area contributed by atoms with Crippen LogP contribution in [0.3, 0.4) is 0 Å². The Morgan fingerprint density at radius 1 is 0.966 bits per heavy atom. The van der Waals surface area contributed by atoms with Crippen LogP contribution in [0.5, 0.6) is 0 Å². The van der Waals surface area contributed by atoms with Crippen LogP contribution in [0.15, 0.2) is 18.2 Å². The maximum atomic E-state index is 12.5. The van der Waals surface area contributed by atoms with Crippen LogP contribution < -0.4 is 10.6 Å². The third-order valence-electron chi connectivity index (χ3n) is 5.43. The summed E-state index contributed by atoms with van der Waals surface area (Å²) < 4.78 is 11.2. The van der Waals surface area contributed by atoms with Crippen LogP contribution in [-0.2, 0) is 9.47 Å². The van der Waals surface area contributed by atoms with Crippen molar-refractivity contribution in [3.63, 3.8) is 0 Å². The van der Waals surface area contributed by atoms with E-state index in [1.54, 1.807) is 30.0 Å². The van der Waals surface area contributed by atoms with Gasteiger partial charge >= 0.3 is 12.1 Å². The van der Waals surface area contributed by atoms with Gasteiger partial charge in [-0.1, -0.05) is 6.07 Å². The zero-order valence-corrected chi connectivity index (χ0v) is 17.6. The molecule has 2 N–H and O–H groups in total. The Bertz CT molecular complexity index is 715. The number of carbonyl (C=O) groups excluding carboxylic acids is 2. The molecule has 0 saturated carbocycles. The Hall–Kier alpha value is -2.32. The number of rotatable bonds is 6. The monoisotopic (exact) mass is 404 g/mol. The fraction of sp³-hybridized carbons (Fsp3) is 0.619. The molecule has 8 heteroatoms. The number of likely N-dealkylation sites (N-methyl/N-ethyl adjacent to an activating group) is 2. The number of carbonyl (C=O) groups is 2. The Kier molecular flexibility index (Phi) is 7.33. The van der Waals surface area contributed by atoms with E-state index in [9.17, 15) is 9.59 Å². The normalized spacial score (nSPS) is 21.1. The van der Waals surface area contributed by atoms with Crippen LogP contribution in [0.25, 0.3) is 0 Å². The molecule has 3 rings (SSSR count). The smallest absolute Gasteiger partial charge is 0.321 e. The van der Waals surface area contributed by atoms with Crippen molar-refractivity contribution in [1.29, 1.82) is 0 Å². The average Bonchev–Trinajstić information content (AvgIpc) is 3.38. The van der Waals surface area contributed by atoms with Gasteiger partial charge < -0.3 is 29.9 Å². The predicted octanol–water partition coefficient (Wildman–Crippen LogP) is 3.28. The summed E-state index contributed by atoms with van der Waals surface area (Å²) in [6, 6.07) is 5.11. The maximum Gasteiger partial charge on any atom is 0.321 e. The van der Waals surface area contributed by atoms with Crippen molar-refractivity contribution in [3.8, 4) is 0 Å². The molecule has 2 heterocycles. The largest absolute Gasteiger partial charge is 0.376 e. The highest BCUT2D eigenvalue weighted by atomic mass is 16.5. The van der Waals surface area contributed by atoms with Crippen molar-refractivity contribution in [2.75, 3.05) is 51.0 Å². The summed E-state index contributed by atoms with van der Waals surface area (Å²) in [5.74, 6) is 0. The molecule has 0 aliphatic carbocycles. The fourth-order valence-electron chi connectivity index (χ4n) is 3.62. The molecular formula is C21H32N4O4. The molecule has 160 valence electrons. The van der Waals surface area contributed by atoms with Crippen LogP contribution >= 0.6 is 0 Å². The summed E-state index contributed by atoms with van der Waals surface area (Å²) in [5.41, 5.74) is 2.24. The zero-order chi connectivity index (χ0) is 20.8. The maximum absolute atomic E-state index is 12.5. The molecule has 0 bridgehead atoms. The van der Waals surface area contributed by atoms with E-state index in [1.807, 2.05) is 19.1 Å². The van der Waals surface area contributed by atoms with Gasteiger partial charge in [0, 0.05) is 51.8 Å². The van der Waals surface area contributed by atoms with E-state index >= 15 is 0 Å². The molecule has 0 radical (unpaired) electrons. The number of anilines is 2. The van der Waals surface area contributed by atoms with E-state index < -0.39 is 0 Å². The minimum absolute atomic E-state index is 0.108. The van der Waals surface area contributed by atoms with Crippen LogP contribution in [-0.4, -0.2) is 74.5 Å². The van der Waals surface area contributed by atoms with Crippen molar-refractivity contribution in [2.24, 2.45) is 0 Å². The number of ether oxygens (including phenoxy) is 2. The van der Waals surface area contributed by atoms with Crippen molar-refractivity contribution >= 4 is 23.4 Å². The van der Waals surface area contributed by atoms with Crippen LogP contribution in [0.1, 0.15) is 31.2 Å². The van der Waals surface area contributed by atoms with Gasteiger partial charge in [-0.05, 0) is 50.3 Å². The van der Waals surface area contributed by atoms with E-state index in [2.05, 4.69) is 10.6 Å². The number of nitrogens with zero attached hydrogens (tertiary/aromatic N) is 2. The van der Waals surface area contributed by atoms with E-state index in [0.717, 1.165) is 44.5 Å². The van der Waals surface area contributed by atoms with Gasteiger partial charge in [-0.15, -0.1) is 0 Å². The number of nitrogens with one attached hydrogen (secondary N) is 2. The predicted molar refractivity (Wildman–Crippen MR) is 112 cm³/mol. The lowest BCUT2D eigenvalue weighted by Gasteiger charge is -2.23. The Labute approximate surface area is 172 Å². The first-order valence-electron chi connectivity index (χ1n) is 10.3. The topological polar surface area (TPSA) is 83.1 Å². The molecular weight excluding hydrogens is 372 g/mol. The first-order chi connectivity index (χ1) is 13.9. The van der Waals surface area contributed by atoms with E-state index in [1.165, 1.54) is 0 Å². The number of hydrogen-bond donors (Lipinski definition) is 2. The van der Waals surface area contributed by atoms with Crippen LogP contribution in [0, 0.1) is 6.92 Å². The van der Waals surface area contributed by atoms with Crippen LogP contribution in [0.2, 0.25) is 0 Å². The van der Waals surface area contributed by atoms with Gasteiger partial charge in [0.1, 0.15) is 0 Å². The minimum Gasteiger partial charge on any atom is -0.376 e. The lowest BCUT2D eigenvalue weighted by atomic mass is 10.2. The Balaban J connectivity index is 1.55. The molecule has 29 heavy (non-hydrogen) atoms. The Morgan fingerprint density at radius 3 is 2.03 bits per heavy atom. The highest BCUT2D eigenvalue weighted by Gasteiger charge is 2.22. The number of amides is 4. The fourth-order valence-corrected chi connectivity index (χ4v) is 3.62. The standard InChI is InChI=1S/C21H32N4O4/c1-15-8-9-16(22-20(26)24(2)13-17-6-4-10-28-17)12-19(15)23-21(27)25(3)14-18-7-5-11-29-18/h8-9,12,17-18H,4-7,10-11,13-14H2,1-3H3,(H,22,26)(H,23,27)/t17-,18-/m1/s1. The number of hydrogen-bond acceptors (Lipinski definition) is 4. The third-order valence-corrected chi connectivity index (χ3v) is 5.43. The zero-order valence-electron chi connectivity index (χ0n) is 17.6. The molecule has 2 atom stereocenters. The Morgan fingerprint density at radius 2 is 1.52 bits per heavy atom. The summed E-state index contributed by atoms with van der Waals surface area (Å²) >= 11 is 0. The summed E-state index contributed by atoms with van der Waals surface area (Å²) in [7, 11) is 3.52. The van der Waals surface area contributed by atoms with Gasteiger partial charge in [-0.3, -0.25) is 0 Å². The molecule has 2 saturated heterocycles. The van der Waals surface area contributed by atoms with Gasteiger partial charge in [0.2, 0.25) is 0 Å². The van der Waals surface area contributed by atoms with Gasteiger partial charge in [0.05, 0.1) is 12.2 Å². The van der Waals surface area contributed by atoms with Crippen molar-refractivity contribution in [3.05, 3.63) is 23.8 Å². The van der Waals surface area contributed by atoms with E-state index in [-0.39, 0.29) is 24.3 Å². The molecule has 0 unspecified atom stereocenters. The van der Waals surface area contributed by atoms with Gasteiger partial charge in [-0.25, -0.2) is 9.59 Å². The second-order valence-corrected chi connectivity index (χ2v) is 7.92. The lowest BCUT2D eigenvalue weighted by Crippen LogP contribution is -2.37. The summed E-state index contributed by atoms with van der Waals surface area (Å²) in [4.78, 5) is 28.3. The lowest BCUT2D eigenvalue weighted by molar-refractivity contribution is 0.0894. The highest BCUT2D eigenvalue weighted by Crippen LogP contribution is 2.22. The van der Waals surface area contributed by atoms with Gasteiger partial charge in [0.15, 0.2) is 0 Å². The first kappa shape index (κ1) is 21.4. The second kappa shape index (κ2) is 9.93. The number of benzene rings is 1. The molecule has 1 aromatic carbocycles. The molecule has 1 aromatic rings.